The summed E-state index contributed by atoms with van der Waals surface area (Å²) in [4.78, 5) is 13.7. The summed E-state index contributed by atoms with van der Waals surface area (Å²) in [5, 5.41) is 10.8. The van der Waals surface area contributed by atoms with Gasteiger partial charge in [0.2, 0.25) is 5.88 Å². The van der Waals surface area contributed by atoms with Gasteiger partial charge in [-0.3, -0.25) is 9.97 Å². The lowest BCUT2D eigenvalue weighted by molar-refractivity contribution is 0.210. The van der Waals surface area contributed by atoms with Crippen molar-refractivity contribution >= 4 is 0 Å². The van der Waals surface area contributed by atoms with E-state index in [-0.39, 0.29) is 5.92 Å². The molecule has 3 heterocycles. The molecule has 3 aromatic rings. The molecule has 0 aliphatic carbocycles. The highest BCUT2D eigenvalue weighted by molar-refractivity contribution is 5.34. The molecule has 146 valence electrons. The Morgan fingerprint density at radius 1 is 0.857 bits per heavy atom. The summed E-state index contributed by atoms with van der Waals surface area (Å²) in [5.74, 6) is 0.594. The third-order valence-electron chi connectivity index (χ3n) is 4.65. The second-order valence-electron chi connectivity index (χ2n) is 7.22. The average molecular weight is 377 g/mol. The van der Waals surface area contributed by atoms with Crippen LogP contribution < -0.4 is 4.74 Å². The minimum Gasteiger partial charge on any atom is -0.478 e. The zero-order chi connectivity index (χ0) is 20.3. The third kappa shape index (κ3) is 4.54. The van der Waals surface area contributed by atoms with Crippen molar-refractivity contribution in [2.45, 2.75) is 46.6 Å². The van der Waals surface area contributed by atoms with Crippen LogP contribution in [0.5, 0.6) is 5.88 Å². The molecule has 5 heteroatoms. The smallest absolute Gasteiger partial charge is 0.213 e. The first-order valence-corrected chi connectivity index (χ1v) is 9.58. The van der Waals surface area contributed by atoms with Crippen LogP contribution in [0.15, 0.2) is 42.6 Å². The summed E-state index contributed by atoms with van der Waals surface area (Å²) in [7, 11) is 0. The fraction of sp³-hybridized carbons (Fsp3) is 0.348. The largest absolute Gasteiger partial charge is 0.478 e. The molecule has 28 heavy (non-hydrogen) atoms. The van der Waals surface area contributed by atoms with Crippen LogP contribution in [0, 0.1) is 20.8 Å². The molecular formula is C23H27N3O2. The van der Waals surface area contributed by atoms with Crippen molar-refractivity contribution in [2.24, 2.45) is 0 Å². The Kier molecular flexibility index (Phi) is 6.05. The van der Waals surface area contributed by atoms with Gasteiger partial charge >= 0.3 is 0 Å². The lowest BCUT2D eigenvalue weighted by Gasteiger charge is -2.17. The molecule has 0 amide bonds. The summed E-state index contributed by atoms with van der Waals surface area (Å²) in [6.45, 7) is 10.6. The van der Waals surface area contributed by atoms with Crippen molar-refractivity contribution in [3.63, 3.8) is 0 Å². The van der Waals surface area contributed by atoms with E-state index >= 15 is 0 Å². The van der Waals surface area contributed by atoms with Crippen LogP contribution in [0.3, 0.4) is 0 Å². The number of pyridine rings is 3. The molecule has 3 aromatic heterocycles. The highest BCUT2D eigenvalue weighted by Gasteiger charge is 2.19. The van der Waals surface area contributed by atoms with E-state index in [2.05, 4.69) is 23.0 Å². The highest BCUT2D eigenvalue weighted by Crippen LogP contribution is 2.28. The van der Waals surface area contributed by atoms with Gasteiger partial charge in [-0.05, 0) is 74.7 Å². The molecule has 2 unspecified atom stereocenters. The van der Waals surface area contributed by atoms with E-state index in [4.69, 9.17) is 9.72 Å². The number of aliphatic hydroxyl groups is 1. The fourth-order valence-corrected chi connectivity index (χ4v) is 3.20. The number of ether oxygens (including phenoxy) is 1. The first-order chi connectivity index (χ1) is 13.4. The van der Waals surface area contributed by atoms with Gasteiger partial charge in [0.15, 0.2) is 0 Å². The van der Waals surface area contributed by atoms with E-state index in [9.17, 15) is 5.11 Å². The predicted octanol–water partition coefficient (Wildman–Crippen LogP) is 4.43. The number of rotatable bonds is 6. The standard InChI is InChI=1S/C23H27N3O2/c1-6-28-22-13-16(4)11-19(26-22)17(5)18-10-15(3)12-21(25-18)23(27)20-9-14(2)7-8-24-20/h7-13,17,23,27H,6H2,1-5H3. The van der Waals surface area contributed by atoms with E-state index in [0.717, 1.165) is 28.1 Å². The van der Waals surface area contributed by atoms with Gasteiger partial charge in [0.25, 0.3) is 0 Å². The van der Waals surface area contributed by atoms with Crippen molar-refractivity contribution in [1.29, 1.82) is 0 Å². The van der Waals surface area contributed by atoms with E-state index in [1.165, 1.54) is 0 Å². The summed E-state index contributed by atoms with van der Waals surface area (Å²) >= 11 is 0. The van der Waals surface area contributed by atoms with Crippen molar-refractivity contribution < 1.29 is 9.84 Å². The molecule has 0 saturated carbocycles. The molecule has 0 radical (unpaired) electrons. The lowest BCUT2D eigenvalue weighted by Crippen LogP contribution is -2.10. The van der Waals surface area contributed by atoms with Crippen LogP contribution in [0.4, 0.5) is 0 Å². The van der Waals surface area contributed by atoms with Crippen LogP contribution in [0.25, 0.3) is 0 Å². The molecule has 0 bridgehead atoms. The second-order valence-corrected chi connectivity index (χ2v) is 7.22. The molecule has 3 rings (SSSR count). The minimum absolute atomic E-state index is 0.0320. The topological polar surface area (TPSA) is 68.1 Å². The maximum atomic E-state index is 10.8. The monoisotopic (exact) mass is 377 g/mol. The maximum Gasteiger partial charge on any atom is 0.213 e. The van der Waals surface area contributed by atoms with Gasteiger partial charge in [0, 0.05) is 23.9 Å². The lowest BCUT2D eigenvalue weighted by atomic mass is 9.98. The number of aliphatic hydroxyl groups excluding tert-OH is 1. The Balaban J connectivity index is 1.97. The first-order valence-electron chi connectivity index (χ1n) is 9.58. The number of aryl methyl sites for hydroxylation is 3. The summed E-state index contributed by atoms with van der Waals surface area (Å²) < 4.78 is 5.59. The molecule has 0 aliphatic rings. The molecule has 0 aliphatic heterocycles. The van der Waals surface area contributed by atoms with Crippen LogP contribution in [0.1, 0.15) is 65.3 Å². The van der Waals surface area contributed by atoms with Crippen molar-refractivity contribution in [1.82, 2.24) is 15.0 Å². The Bertz CT molecular complexity index is 972. The molecule has 0 saturated heterocycles. The molecular weight excluding hydrogens is 350 g/mol. The van der Waals surface area contributed by atoms with Gasteiger partial charge in [-0.2, -0.15) is 0 Å². The number of hydrogen-bond acceptors (Lipinski definition) is 5. The third-order valence-corrected chi connectivity index (χ3v) is 4.65. The molecule has 1 N–H and O–H groups in total. The molecule has 0 aromatic carbocycles. The van der Waals surface area contributed by atoms with E-state index in [1.54, 1.807) is 6.20 Å². The zero-order valence-electron chi connectivity index (χ0n) is 17.1. The minimum atomic E-state index is -0.866. The van der Waals surface area contributed by atoms with Crippen LogP contribution in [0.2, 0.25) is 0 Å². The summed E-state index contributed by atoms with van der Waals surface area (Å²) in [6, 6.07) is 11.7. The number of hydrogen-bond donors (Lipinski definition) is 1. The Labute approximate surface area is 166 Å². The quantitative estimate of drug-likeness (QED) is 0.688. The van der Waals surface area contributed by atoms with E-state index < -0.39 is 6.10 Å². The maximum absolute atomic E-state index is 10.8. The first kappa shape index (κ1) is 20.0. The summed E-state index contributed by atoms with van der Waals surface area (Å²) in [5.41, 5.74) is 6.14. The Hall–Kier alpha value is -2.79. The zero-order valence-corrected chi connectivity index (χ0v) is 17.1. The highest BCUT2D eigenvalue weighted by atomic mass is 16.5. The van der Waals surface area contributed by atoms with E-state index in [1.807, 2.05) is 58.0 Å². The van der Waals surface area contributed by atoms with Gasteiger partial charge < -0.3 is 9.84 Å². The van der Waals surface area contributed by atoms with Gasteiger partial charge in [-0.1, -0.05) is 6.92 Å². The van der Waals surface area contributed by atoms with Gasteiger partial charge in [0.1, 0.15) is 6.10 Å². The van der Waals surface area contributed by atoms with Crippen molar-refractivity contribution in [3.8, 4) is 5.88 Å². The number of nitrogens with zero attached hydrogens (tertiary/aromatic N) is 3. The average Bonchev–Trinajstić information content (AvgIpc) is 2.66. The second kappa shape index (κ2) is 8.48. The fourth-order valence-electron chi connectivity index (χ4n) is 3.20. The SMILES string of the molecule is CCOc1cc(C)cc(C(C)c2cc(C)cc(C(O)c3cc(C)ccn3)n2)n1. The molecule has 5 nitrogen and oxygen atoms in total. The van der Waals surface area contributed by atoms with Gasteiger partial charge in [-0.15, -0.1) is 0 Å². The summed E-state index contributed by atoms with van der Waals surface area (Å²) in [6.07, 6.45) is 0.842. The van der Waals surface area contributed by atoms with Crippen LogP contribution in [-0.2, 0) is 0 Å². The Morgan fingerprint density at radius 3 is 2.14 bits per heavy atom. The van der Waals surface area contributed by atoms with Crippen LogP contribution in [-0.4, -0.2) is 26.7 Å². The Morgan fingerprint density at radius 2 is 1.46 bits per heavy atom. The molecule has 0 spiro atoms. The normalized spacial score (nSPS) is 13.2. The van der Waals surface area contributed by atoms with Crippen molar-refractivity contribution in [2.75, 3.05) is 6.61 Å². The van der Waals surface area contributed by atoms with E-state index in [0.29, 0.717) is 23.9 Å². The molecule has 2 atom stereocenters. The van der Waals surface area contributed by atoms with Gasteiger partial charge in [0.05, 0.1) is 23.7 Å². The van der Waals surface area contributed by atoms with Crippen LogP contribution >= 0.6 is 0 Å². The predicted molar refractivity (Wildman–Crippen MR) is 110 cm³/mol. The number of aromatic nitrogens is 3. The van der Waals surface area contributed by atoms with Gasteiger partial charge in [-0.25, -0.2) is 4.98 Å². The van der Waals surface area contributed by atoms with Crippen molar-refractivity contribution in [3.05, 3.63) is 82.1 Å². The molecule has 0 fully saturated rings.